The summed E-state index contributed by atoms with van der Waals surface area (Å²) in [5, 5.41) is 7.51. The van der Waals surface area contributed by atoms with Gasteiger partial charge in [-0.1, -0.05) is 0 Å². The fourth-order valence-electron chi connectivity index (χ4n) is 1.84. The van der Waals surface area contributed by atoms with E-state index in [1.54, 1.807) is 18.4 Å². The molecule has 0 saturated carbocycles. The van der Waals surface area contributed by atoms with Crippen LogP contribution in [-0.4, -0.2) is 13.3 Å². The smallest absolute Gasteiger partial charge is 0.105 e. The first-order valence-electron chi connectivity index (χ1n) is 6.08. The van der Waals surface area contributed by atoms with Crippen LogP contribution >= 0.6 is 36.2 Å². The van der Waals surface area contributed by atoms with Crippen LogP contribution in [0.2, 0.25) is 0 Å². The summed E-state index contributed by atoms with van der Waals surface area (Å²) < 4.78 is 5.18. The van der Waals surface area contributed by atoms with Crippen molar-refractivity contribution in [2.24, 2.45) is 0 Å². The van der Waals surface area contributed by atoms with E-state index < -0.39 is 0 Å². The van der Waals surface area contributed by atoms with Gasteiger partial charge >= 0.3 is 0 Å². The highest BCUT2D eigenvalue weighted by Crippen LogP contribution is 2.33. The molecule has 0 radical (unpaired) electrons. The second-order valence-electron chi connectivity index (χ2n) is 4.42. The van der Waals surface area contributed by atoms with Crippen LogP contribution in [0.3, 0.4) is 0 Å². The lowest BCUT2D eigenvalue weighted by Gasteiger charge is -2.13. The Balaban J connectivity index is 0.00000200. The zero-order chi connectivity index (χ0) is 13.8. The lowest BCUT2D eigenvalue weighted by atomic mass is 10.0. The van der Waals surface area contributed by atoms with Crippen molar-refractivity contribution in [2.75, 3.05) is 18.6 Å². The highest BCUT2D eigenvalue weighted by Gasteiger charge is 2.10. The number of ether oxygens (including phenoxy) is 1. The molecular weight excluding hydrogens is 329 g/mol. The van der Waals surface area contributed by atoms with Crippen LogP contribution < -0.4 is 16.8 Å². The van der Waals surface area contributed by atoms with Gasteiger partial charge < -0.3 is 16.2 Å². The lowest BCUT2D eigenvalue weighted by molar-refractivity contribution is 0.0880. The molecule has 0 spiro atoms. The number of nitrogens with one attached hydrogen (secondary N) is 1. The van der Waals surface area contributed by atoms with Crippen molar-refractivity contribution >= 4 is 47.5 Å². The predicted molar refractivity (Wildman–Crippen MR) is 96.4 cm³/mol. The SMILES string of the molecule is COC(C)NCc1cscc1-c1cc(N)ccc1N.Cl.Cl. The Labute approximate surface area is 141 Å². The molecule has 1 atom stereocenters. The highest BCUT2D eigenvalue weighted by molar-refractivity contribution is 7.08. The average Bonchev–Trinajstić information content (AvgIpc) is 2.87. The second-order valence-corrected chi connectivity index (χ2v) is 5.16. The molecule has 0 aliphatic heterocycles. The summed E-state index contributed by atoms with van der Waals surface area (Å²) in [6, 6.07) is 5.58. The van der Waals surface area contributed by atoms with Gasteiger partial charge in [0.2, 0.25) is 0 Å². The van der Waals surface area contributed by atoms with Crippen molar-refractivity contribution in [2.45, 2.75) is 19.7 Å². The van der Waals surface area contributed by atoms with E-state index >= 15 is 0 Å². The first-order valence-corrected chi connectivity index (χ1v) is 7.02. The zero-order valence-electron chi connectivity index (χ0n) is 12.0. The molecule has 0 amide bonds. The van der Waals surface area contributed by atoms with Gasteiger partial charge in [0.25, 0.3) is 0 Å². The number of hydrogen-bond acceptors (Lipinski definition) is 5. The van der Waals surface area contributed by atoms with Crippen molar-refractivity contribution in [3.8, 4) is 11.1 Å². The molecule has 118 valence electrons. The monoisotopic (exact) mass is 349 g/mol. The van der Waals surface area contributed by atoms with Gasteiger partial charge in [-0.05, 0) is 47.0 Å². The van der Waals surface area contributed by atoms with Gasteiger partial charge in [-0.3, -0.25) is 5.32 Å². The van der Waals surface area contributed by atoms with Crippen LogP contribution in [0, 0.1) is 0 Å². The Bertz CT molecular complexity index is 563. The third-order valence-electron chi connectivity index (χ3n) is 3.04. The Morgan fingerprint density at radius 3 is 2.57 bits per heavy atom. The van der Waals surface area contributed by atoms with E-state index in [4.69, 9.17) is 16.2 Å². The van der Waals surface area contributed by atoms with Gasteiger partial charge in [0.15, 0.2) is 0 Å². The zero-order valence-corrected chi connectivity index (χ0v) is 14.4. The first-order chi connectivity index (χ1) is 9.11. The van der Waals surface area contributed by atoms with Gasteiger partial charge in [-0.15, -0.1) is 24.8 Å². The summed E-state index contributed by atoms with van der Waals surface area (Å²) in [6.07, 6.45) is 0.0194. The van der Waals surface area contributed by atoms with Gasteiger partial charge in [0.05, 0.1) is 0 Å². The normalized spacial score (nSPS) is 11.3. The number of rotatable bonds is 5. The molecule has 21 heavy (non-hydrogen) atoms. The summed E-state index contributed by atoms with van der Waals surface area (Å²) in [5.41, 5.74) is 16.7. The number of nitrogens with two attached hydrogens (primary N) is 2. The first kappa shape index (κ1) is 20.0. The van der Waals surface area contributed by atoms with Crippen molar-refractivity contribution < 1.29 is 4.74 Å². The molecule has 0 bridgehead atoms. The quantitative estimate of drug-likeness (QED) is 0.570. The molecule has 1 heterocycles. The summed E-state index contributed by atoms with van der Waals surface area (Å²) in [5.74, 6) is 0. The minimum Gasteiger partial charge on any atom is -0.399 e. The maximum Gasteiger partial charge on any atom is 0.105 e. The van der Waals surface area contributed by atoms with Crippen LogP contribution in [0.5, 0.6) is 0 Å². The van der Waals surface area contributed by atoms with Gasteiger partial charge in [0.1, 0.15) is 6.23 Å². The number of anilines is 2. The number of hydrogen-bond donors (Lipinski definition) is 3. The van der Waals surface area contributed by atoms with E-state index in [0.29, 0.717) is 0 Å². The van der Waals surface area contributed by atoms with Crippen LogP contribution in [0.15, 0.2) is 29.0 Å². The van der Waals surface area contributed by atoms with E-state index in [0.717, 1.165) is 29.0 Å². The molecule has 5 N–H and O–H groups in total. The summed E-state index contributed by atoms with van der Waals surface area (Å²) in [7, 11) is 1.68. The van der Waals surface area contributed by atoms with Crippen LogP contribution in [0.4, 0.5) is 11.4 Å². The van der Waals surface area contributed by atoms with E-state index in [2.05, 4.69) is 16.1 Å². The molecule has 7 heteroatoms. The minimum atomic E-state index is 0. The molecule has 1 unspecified atom stereocenters. The lowest BCUT2D eigenvalue weighted by Crippen LogP contribution is -2.26. The summed E-state index contributed by atoms with van der Waals surface area (Å²) in [6.45, 7) is 2.71. The van der Waals surface area contributed by atoms with Gasteiger partial charge in [-0.2, -0.15) is 11.3 Å². The maximum absolute atomic E-state index is 6.04. The molecule has 1 aromatic heterocycles. The van der Waals surface area contributed by atoms with Crippen molar-refractivity contribution in [1.29, 1.82) is 0 Å². The predicted octanol–water partition coefficient (Wildman–Crippen LogP) is 3.51. The number of halogens is 2. The molecule has 0 saturated heterocycles. The van der Waals surface area contributed by atoms with Crippen LogP contribution in [0.1, 0.15) is 12.5 Å². The third kappa shape index (κ3) is 5.05. The Morgan fingerprint density at radius 2 is 1.90 bits per heavy atom. The third-order valence-corrected chi connectivity index (χ3v) is 3.84. The number of methoxy groups -OCH3 is 1. The Kier molecular flexibility index (Phi) is 8.70. The Hall–Kier alpha value is -0.980. The molecule has 2 rings (SSSR count). The molecule has 1 aromatic carbocycles. The molecule has 0 fully saturated rings. The average molecular weight is 350 g/mol. The Morgan fingerprint density at radius 1 is 1.19 bits per heavy atom. The second kappa shape index (κ2) is 9.12. The van der Waals surface area contributed by atoms with E-state index in [1.165, 1.54) is 5.56 Å². The van der Waals surface area contributed by atoms with Crippen LogP contribution in [-0.2, 0) is 11.3 Å². The molecular formula is C14H21Cl2N3OS. The topological polar surface area (TPSA) is 73.3 Å². The minimum absolute atomic E-state index is 0. The molecule has 4 nitrogen and oxygen atoms in total. The van der Waals surface area contributed by atoms with Crippen LogP contribution in [0.25, 0.3) is 11.1 Å². The highest BCUT2D eigenvalue weighted by atomic mass is 35.5. The number of benzene rings is 1. The largest absolute Gasteiger partial charge is 0.399 e. The summed E-state index contributed by atoms with van der Waals surface area (Å²) >= 11 is 1.66. The van der Waals surface area contributed by atoms with E-state index in [-0.39, 0.29) is 31.0 Å². The number of nitrogen functional groups attached to an aromatic ring is 2. The van der Waals surface area contributed by atoms with Crippen molar-refractivity contribution in [1.82, 2.24) is 5.32 Å². The molecule has 0 aliphatic carbocycles. The number of thiophene rings is 1. The molecule has 0 aliphatic rings. The fourth-order valence-corrected chi connectivity index (χ4v) is 2.70. The van der Waals surface area contributed by atoms with Gasteiger partial charge in [0, 0.05) is 30.6 Å². The van der Waals surface area contributed by atoms with Gasteiger partial charge in [-0.25, -0.2) is 0 Å². The molecule has 2 aromatic rings. The summed E-state index contributed by atoms with van der Waals surface area (Å²) in [4.78, 5) is 0. The van der Waals surface area contributed by atoms with E-state index in [1.807, 2.05) is 25.1 Å². The standard InChI is InChI=1S/C14H19N3OS.2ClH/c1-9(18-2)17-6-10-7-19-8-13(10)12-5-11(15)3-4-14(12)16;;/h3-5,7-9,17H,6,15-16H2,1-2H3;2*1H. The van der Waals surface area contributed by atoms with Crippen molar-refractivity contribution in [3.05, 3.63) is 34.5 Å². The van der Waals surface area contributed by atoms with E-state index in [9.17, 15) is 0 Å². The fraction of sp³-hybridized carbons (Fsp3) is 0.286. The van der Waals surface area contributed by atoms with Crippen molar-refractivity contribution in [3.63, 3.8) is 0 Å². The maximum atomic E-state index is 6.04.